The van der Waals surface area contributed by atoms with E-state index in [0.717, 1.165) is 12.8 Å². The Labute approximate surface area is 90.7 Å². The number of aliphatic hydroxyl groups excluding tert-OH is 1. The van der Waals surface area contributed by atoms with Crippen LogP contribution >= 0.6 is 0 Å². The van der Waals surface area contributed by atoms with Gasteiger partial charge < -0.3 is 15.5 Å². The van der Waals surface area contributed by atoms with E-state index in [2.05, 4.69) is 12.2 Å². The molecule has 4 nitrogen and oxygen atoms in total. The van der Waals surface area contributed by atoms with Crippen LogP contribution in [0.3, 0.4) is 0 Å². The zero-order valence-electron chi connectivity index (χ0n) is 9.33. The molecule has 88 valence electrons. The molecule has 0 atom stereocenters. The van der Waals surface area contributed by atoms with Crippen molar-refractivity contribution in [2.45, 2.75) is 44.6 Å². The zero-order valence-corrected chi connectivity index (χ0v) is 9.33. The minimum atomic E-state index is -0.743. The van der Waals surface area contributed by atoms with Gasteiger partial charge in [-0.05, 0) is 44.6 Å². The number of carboxylic acids is 1. The van der Waals surface area contributed by atoms with Gasteiger partial charge in [0.2, 0.25) is 0 Å². The van der Waals surface area contributed by atoms with Crippen LogP contribution in [0, 0.1) is 5.92 Å². The Bertz CT molecular complexity index is 210. The Morgan fingerprint density at radius 2 is 2.07 bits per heavy atom. The first-order valence-electron chi connectivity index (χ1n) is 5.70. The second kappa shape index (κ2) is 5.47. The average molecular weight is 215 g/mol. The third-order valence-corrected chi connectivity index (χ3v) is 3.34. The van der Waals surface area contributed by atoms with E-state index in [4.69, 9.17) is 5.11 Å². The first-order chi connectivity index (χ1) is 7.10. The van der Waals surface area contributed by atoms with E-state index in [9.17, 15) is 9.90 Å². The van der Waals surface area contributed by atoms with Crippen molar-refractivity contribution in [1.82, 2.24) is 5.32 Å². The van der Waals surface area contributed by atoms with Gasteiger partial charge in [0.1, 0.15) is 5.54 Å². The van der Waals surface area contributed by atoms with Gasteiger partial charge >= 0.3 is 5.97 Å². The van der Waals surface area contributed by atoms with Crippen LogP contribution in [0.2, 0.25) is 0 Å². The van der Waals surface area contributed by atoms with Crippen LogP contribution in [0.15, 0.2) is 0 Å². The summed E-state index contributed by atoms with van der Waals surface area (Å²) in [5.41, 5.74) is -0.734. The maximum atomic E-state index is 11.3. The van der Waals surface area contributed by atoms with Crippen LogP contribution in [0.5, 0.6) is 0 Å². The van der Waals surface area contributed by atoms with E-state index in [-0.39, 0.29) is 6.61 Å². The molecule has 1 saturated carbocycles. The Kier molecular flexibility index (Phi) is 4.54. The molecule has 0 aromatic rings. The maximum Gasteiger partial charge on any atom is 0.323 e. The molecular weight excluding hydrogens is 194 g/mol. The molecule has 0 aromatic heterocycles. The average Bonchev–Trinajstić information content (AvgIpc) is 2.21. The number of hydrogen-bond donors (Lipinski definition) is 3. The Hall–Kier alpha value is -0.610. The third kappa shape index (κ3) is 3.18. The van der Waals surface area contributed by atoms with E-state index < -0.39 is 11.5 Å². The molecule has 0 aromatic carbocycles. The summed E-state index contributed by atoms with van der Waals surface area (Å²) in [7, 11) is 0. The van der Waals surface area contributed by atoms with E-state index >= 15 is 0 Å². The molecule has 4 heteroatoms. The summed E-state index contributed by atoms with van der Waals surface area (Å²) in [6.45, 7) is 2.86. The zero-order chi connectivity index (χ0) is 11.3. The van der Waals surface area contributed by atoms with E-state index in [1.54, 1.807) is 0 Å². The van der Waals surface area contributed by atoms with E-state index in [0.29, 0.717) is 31.7 Å². The highest BCUT2D eigenvalue weighted by molar-refractivity contribution is 5.78. The molecule has 1 fully saturated rings. The molecule has 0 aliphatic heterocycles. The van der Waals surface area contributed by atoms with E-state index in [1.165, 1.54) is 0 Å². The second-order valence-electron chi connectivity index (χ2n) is 4.57. The summed E-state index contributed by atoms with van der Waals surface area (Å²) in [6.07, 6.45) is 3.96. The molecule has 0 radical (unpaired) electrons. The van der Waals surface area contributed by atoms with Gasteiger partial charge in [0.05, 0.1) is 0 Å². The maximum absolute atomic E-state index is 11.3. The topological polar surface area (TPSA) is 69.6 Å². The second-order valence-corrected chi connectivity index (χ2v) is 4.57. The van der Waals surface area contributed by atoms with Crippen molar-refractivity contribution in [2.75, 3.05) is 13.2 Å². The number of carboxylic acid groups (broad SMARTS) is 1. The number of aliphatic carboxylic acids is 1. The van der Waals surface area contributed by atoms with Crippen LogP contribution in [-0.4, -0.2) is 34.9 Å². The fourth-order valence-electron chi connectivity index (χ4n) is 2.13. The smallest absolute Gasteiger partial charge is 0.323 e. The van der Waals surface area contributed by atoms with Crippen molar-refractivity contribution in [3.05, 3.63) is 0 Å². The Balaban J connectivity index is 2.51. The fourth-order valence-corrected chi connectivity index (χ4v) is 2.13. The highest BCUT2D eigenvalue weighted by Gasteiger charge is 2.40. The molecule has 1 aliphatic rings. The van der Waals surface area contributed by atoms with Gasteiger partial charge in [0.25, 0.3) is 0 Å². The lowest BCUT2D eigenvalue weighted by Gasteiger charge is -2.36. The summed E-state index contributed by atoms with van der Waals surface area (Å²) in [5, 5.41) is 21.0. The third-order valence-electron chi connectivity index (χ3n) is 3.34. The van der Waals surface area contributed by atoms with Crippen molar-refractivity contribution >= 4 is 5.97 Å². The fraction of sp³-hybridized carbons (Fsp3) is 0.909. The lowest BCUT2D eigenvalue weighted by Crippen LogP contribution is -2.54. The van der Waals surface area contributed by atoms with Crippen molar-refractivity contribution in [3.8, 4) is 0 Å². The predicted octanol–water partition coefficient (Wildman–Crippen LogP) is 0.992. The standard InChI is InChI=1S/C11H21NO3/c1-9-3-5-11(6-4-9,10(14)15)12-7-2-8-13/h9,12-13H,2-8H2,1H3,(H,14,15). The molecule has 0 bridgehead atoms. The molecule has 1 rings (SSSR count). The number of nitrogens with one attached hydrogen (secondary N) is 1. The first-order valence-corrected chi connectivity index (χ1v) is 5.70. The lowest BCUT2D eigenvalue weighted by molar-refractivity contribution is -0.146. The highest BCUT2D eigenvalue weighted by Crippen LogP contribution is 2.32. The van der Waals surface area contributed by atoms with Gasteiger partial charge in [-0.15, -0.1) is 0 Å². The molecule has 15 heavy (non-hydrogen) atoms. The molecule has 1 aliphatic carbocycles. The molecule has 0 unspecified atom stereocenters. The van der Waals surface area contributed by atoms with Crippen LogP contribution < -0.4 is 5.32 Å². The summed E-state index contributed by atoms with van der Waals surface area (Å²) >= 11 is 0. The first kappa shape index (κ1) is 12.5. The largest absolute Gasteiger partial charge is 0.480 e. The van der Waals surface area contributed by atoms with E-state index in [1.807, 2.05) is 0 Å². The molecule has 0 spiro atoms. The molecule has 3 N–H and O–H groups in total. The summed E-state index contributed by atoms with van der Waals surface area (Å²) in [6, 6.07) is 0. The summed E-state index contributed by atoms with van der Waals surface area (Å²) < 4.78 is 0. The Morgan fingerprint density at radius 3 is 2.53 bits per heavy atom. The predicted molar refractivity (Wildman–Crippen MR) is 57.7 cm³/mol. The SMILES string of the molecule is CC1CCC(NCCCO)(C(=O)O)CC1. The normalized spacial score (nSPS) is 31.5. The van der Waals surface area contributed by atoms with Crippen molar-refractivity contribution < 1.29 is 15.0 Å². The van der Waals surface area contributed by atoms with Gasteiger partial charge in [-0.25, -0.2) is 0 Å². The number of aliphatic hydroxyl groups is 1. The highest BCUT2D eigenvalue weighted by atomic mass is 16.4. The van der Waals surface area contributed by atoms with Gasteiger partial charge in [0.15, 0.2) is 0 Å². The molecule has 0 amide bonds. The van der Waals surface area contributed by atoms with Gasteiger partial charge in [-0.2, -0.15) is 0 Å². The van der Waals surface area contributed by atoms with Gasteiger partial charge in [0, 0.05) is 6.61 Å². The Morgan fingerprint density at radius 1 is 1.47 bits per heavy atom. The van der Waals surface area contributed by atoms with Crippen LogP contribution in [0.25, 0.3) is 0 Å². The molecule has 0 heterocycles. The minimum Gasteiger partial charge on any atom is -0.480 e. The van der Waals surface area contributed by atoms with Crippen LogP contribution in [0.4, 0.5) is 0 Å². The van der Waals surface area contributed by atoms with Crippen LogP contribution in [-0.2, 0) is 4.79 Å². The summed E-state index contributed by atoms with van der Waals surface area (Å²) in [5.74, 6) is -0.107. The van der Waals surface area contributed by atoms with Crippen LogP contribution in [0.1, 0.15) is 39.0 Å². The van der Waals surface area contributed by atoms with Gasteiger partial charge in [-0.3, -0.25) is 4.79 Å². The van der Waals surface area contributed by atoms with Crippen molar-refractivity contribution in [1.29, 1.82) is 0 Å². The molecule has 0 saturated heterocycles. The number of carbonyl (C=O) groups is 1. The van der Waals surface area contributed by atoms with Crippen molar-refractivity contribution in [3.63, 3.8) is 0 Å². The summed E-state index contributed by atoms with van der Waals surface area (Å²) in [4.78, 5) is 11.3. The molecular formula is C11H21NO3. The van der Waals surface area contributed by atoms with Crippen molar-refractivity contribution in [2.24, 2.45) is 5.92 Å². The number of hydrogen-bond acceptors (Lipinski definition) is 3. The van der Waals surface area contributed by atoms with Gasteiger partial charge in [-0.1, -0.05) is 6.92 Å². The lowest BCUT2D eigenvalue weighted by atomic mass is 9.77. The number of rotatable bonds is 5. The monoisotopic (exact) mass is 215 g/mol. The quantitative estimate of drug-likeness (QED) is 0.598. The minimum absolute atomic E-state index is 0.110.